The van der Waals surface area contributed by atoms with Gasteiger partial charge in [-0.05, 0) is 165 Å². The standard InChI is InChI=1S/C72H64/c1-50-24-26-52(3)68(42-50)71-47-56(27-30-62(71)44-54-18-10-5-11-19-54)46-69(59-22-14-7-15-23-59)61-37-33-58(34-38-61)57-31-35-60(36-32-57)66(40-28-53-16-8-4-9-17-53)64-39-41-67-65(45-55-20-12-6-13-21-55)48-63-29-25-51(2)43-70(63)72(67)49-64/h4-27,29-39,41-43,47,49,65-66,69H,28,40,44-46,48H2,1-3H3. The third kappa shape index (κ3) is 10.5. The molecule has 0 amide bonds. The summed E-state index contributed by atoms with van der Waals surface area (Å²) in [5.41, 5.74) is 27.1. The molecule has 10 aromatic carbocycles. The first-order chi connectivity index (χ1) is 35.4. The van der Waals surface area contributed by atoms with Gasteiger partial charge in [0.2, 0.25) is 0 Å². The van der Waals surface area contributed by atoms with E-state index in [1.54, 1.807) is 0 Å². The van der Waals surface area contributed by atoms with Crippen LogP contribution in [-0.2, 0) is 32.1 Å². The van der Waals surface area contributed by atoms with Gasteiger partial charge in [-0.15, -0.1) is 0 Å². The van der Waals surface area contributed by atoms with E-state index in [1.807, 2.05) is 0 Å². The maximum Gasteiger partial charge on any atom is 0.0130 e. The van der Waals surface area contributed by atoms with Crippen LogP contribution in [0.15, 0.2) is 243 Å². The van der Waals surface area contributed by atoms with Gasteiger partial charge in [-0.3, -0.25) is 0 Å². The van der Waals surface area contributed by atoms with E-state index in [1.165, 1.54) is 111 Å². The normalized spacial score (nSPS) is 13.7. The molecule has 3 unspecified atom stereocenters. The highest BCUT2D eigenvalue weighted by atomic mass is 14.3. The van der Waals surface area contributed by atoms with Crippen LogP contribution in [0.3, 0.4) is 0 Å². The van der Waals surface area contributed by atoms with Crippen molar-refractivity contribution in [1.29, 1.82) is 0 Å². The fraction of sp³-hybridized carbons (Fsp3) is 0.167. The van der Waals surface area contributed by atoms with Crippen LogP contribution in [-0.4, -0.2) is 0 Å². The summed E-state index contributed by atoms with van der Waals surface area (Å²) in [4.78, 5) is 0. The Hall–Kier alpha value is -7.80. The second kappa shape index (κ2) is 21.3. The zero-order valence-electron chi connectivity index (χ0n) is 42.1. The van der Waals surface area contributed by atoms with E-state index in [4.69, 9.17) is 0 Å². The molecule has 11 rings (SSSR count). The fourth-order valence-corrected chi connectivity index (χ4v) is 11.6. The summed E-state index contributed by atoms with van der Waals surface area (Å²) in [6.45, 7) is 6.68. The molecule has 0 nitrogen and oxygen atoms in total. The highest BCUT2D eigenvalue weighted by molar-refractivity contribution is 5.76. The van der Waals surface area contributed by atoms with Gasteiger partial charge in [0.1, 0.15) is 0 Å². The van der Waals surface area contributed by atoms with Crippen molar-refractivity contribution in [3.05, 3.63) is 321 Å². The van der Waals surface area contributed by atoms with Crippen molar-refractivity contribution >= 4 is 0 Å². The van der Waals surface area contributed by atoms with Crippen molar-refractivity contribution in [2.24, 2.45) is 0 Å². The molecule has 3 atom stereocenters. The van der Waals surface area contributed by atoms with Gasteiger partial charge in [0.15, 0.2) is 0 Å². The molecule has 10 aromatic rings. The van der Waals surface area contributed by atoms with Crippen LogP contribution in [0.4, 0.5) is 0 Å². The van der Waals surface area contributed by atoms with Gasteiger partial charge in [0.05, 0.1) is 0 Å². The molecule has 0 heterocycles. The maximum atomic E-state index is 2.56. The molecule has 0 N–H and O–H groups in total. The maximum absolute atomic E-state index is 2.56. The molecule has 0 spiro atoms. The van der Waals surface area contributed by atoms with E-state index >= 15 is 0 Å². The van der Waals surface area contributed by atoms with Crippen LogP contribution in [0.5, 0.6) is 0 Å². The first kappa shape index (κ1) is 46.6. The van der Waals surface area contributed by atoms with Crippen LogP contribution in [0.1, 0.15) is 102 Å². The first-order valence-corrected chi connectivity index (χ1v) is 26.2. The Morgan fingerprint density at radius 3 is 1.61 bits per heavy atom. The van der Waals surface area contributed by atoms with Crippen LogP contribution in [0.25, 0.3) is 33.4 Å². The summed E-state index contributed by atoms with van der Waals surface area (Å²) in [6.07, 6.45) is 5.99. The Balaban J connectivity index is 0.894. The minimum Gasteiger partial charge on any atom is -0.0622 e. The molecule has 352 valence electrons. The van der Waals surface area contributed by atoms with Crippen molar-refractivity contribution in [3.8, 4) is 33.4 Å². The van der Waals surface area contributed by atoms with Crippen LogP contribution < -0.4 is 0 Å². The van der Waals surface area contributed by atoms with Gasteiger partial charge in [0.25, 0.3) is 0 Å². The van der Waals surface area contributed by atoms with Crippen molar-refractivity contribution in [1.82, 2.24) is 0 Å². The van der Waals surface area contributed by atoms with Gasteiger partial charge < -0.3 is 0 Å². The zero-order chi connectivity index (χ0) is 48.8. The van der Waals surface area contributed by atoms with Crippen LogP contribution in [0, 0.1) is 20.8 Å². The van der Waals surface area contributed by atoms with Crippen molar-refractivity contribution in [3.63, 3.8) is 0 Å². The first-order valence-electron chi connectivity index (χ1n) is 26.2. The third-order valence-corrected chi connectivity index (χ3v) is 15.5. The third-order valence-electron chi connectivity index (χ3n) is 15.5. The SMILES string of the molecule is Cc1ccc(C)c(-c2cc(CC(c3ccccc3)c3ccc(-c4ccc(C(CCc5ccccc5)c5ccc6c(c5)-c5cc(C)ccc5CC6Cc5ccccc5)cc4)cc3)ccc2Cc2ccccc2)c1. The second-order valence-electron chi connectivity index (χ2n) is 20.6. The molecule has 0 heteroatoms. The topological polar surface area (TPSA) is 0 Å². The quantitative estimate of drug-likeness (QED) is 0.0961. The number of benzene rings is 10. The molecule has 0 aromatic heterocycles. The summed E-state index contributed by atoms with van der Waals surface area (Å²) >= 11 is 0. The van der Waals surface area contributed by atoms with E-state index in [2.05, 4.69) is 263 Å². The number of rotatable bonds is 15. The summed E-state index contributed by atoms with van der Waals surface area (Å²) in [6, 6.07) is 91.6. The smallest absolute Gasteiger partial charge is 0.0130 e. The molecule has 0 saturated heterocycles. The lowest BCUT2D eigenvalue weighted by atomic mass is 9.74. The summed E-state index contributed by atoms with van der Waals surface area (Å²) in [5.74, 6) is 0.908. The lowest BCUT2D eigenvalue weighted by Crippen LogP contribution is -2.15. The van der Waals surface area contributed by atoms with E-state index in [0.717, 1.165) is 38.5 Å². The summed E-state index contributed by atoms with van der Waals surface area (Å²) in [7, 11) is 0. The van der Waals surface area contributed by atoms with Gasteiger partial charge in [-0.2, -0.15) is 0 Å². The molecule has 72 heavy (non-hydrogen) atoms. The Kier molecular flexibility index (Phi) is 13.8. The highest BCUT2D eigenvalue weighted by Gasteiger charge is 2.27. The molecular formula is C72H64. The number of fused-ring (bicyclic) bond motifs is 3. The largest absolute Gasteiger partial charge is 0.0622 e. The lowest BCUT2D eigenvalue weighted by Gasteiger charge is -2.30. The Morgan fingerprint density at radius 2 is 0.944 bits per heavy atom. The molecule has 0 saturated carbocycles. The van der Waals surface area contributed by atoms with Crippen molar-refractivity contribution in [2.45, 2.75) is 77.0 Å². The van der Waals surface area contributed by atoms with Gasteiger partial charge in [-0.25, -0.2) is 0 Å². The van der Waals surface area contributed by atoms with E-state index in [-0.39, 0.29) is 11.8 Å². The molecule has 1 aliphatic carbocycles. The predicted octanol–water partition coefficient (Wildman–Crippen LogP) is 18.2. The molecule has 0 radical (unpaired) electrons. The van der Waals surface area contributed by atoms with E-state index < -0.39 is 0 Å². The molecule has 0 aliphatic heterocycles. The summed E-state index contributed by atoms with van der Waals surface area (Å²) in [5, 5.41) is 0. The average molecular weight is 929 g/mol. The van der Waals surface area contributed by atoms with Gasteiger partial charge >= 0.3 is 0 Å². The lowest BCUT2D eigenvalue weighted by molar-refractivity contribution is 0.669. The van der Waals surface area contributed by atoms with Gasteiger partial charge in [-0.1, -0.05) is 254 Å². The Labute approximate surface area is 428 Å². The van der Waals surface area contributed by atoms with Crippen molar-refractivity contribution < 1.29 is 0 Å². The second-order valence-corrected chi connectivity index (χ2v) is 20.6. The predicted molar refractivity (Wildman–Crippen MR) is 304 cm³/mol. The average Bonchev–Trinajstić information content (AvgIpc) is 3.43. The van der Waals surface area contributed by atoms with Crippen molar-refractivity contribution in [2.75, 3.05) is 0 Å². The Morgan fingerprint density at radius 1 is 0.389 bits per heavy atom. The molecule has 1 aliphatic rings. The Bertz CT molecular complexity index is 3400. The van der Waals surface area contributed by atoms with Gasteiger partial charge in [0, 0.05) is 11.8 Å². The summed E-state index contributed by atoms with van der Waals surface area (Å²) < 4.78 is 0. The minimum atomic E-state index is 0.209. The number of hydrogen-bond acceptors (Lipinski definition) is 0. The van der Waals surface area contributed by atoms with Crippen LogP contribution in [0.2, 0.25) is 0 Å². The van der Waals surface area contributed by atoms with Crippen LogP contribution >= 0.6 is 0 Å². The monoisotopic (exact) mass is 929 g/mol. The van der Waals surface area contributed by atoms with E-state index in [0.29, 0.717) is 5.92 Å². The van der Waals surface area contributed by atoms with E-state index in [9.17, 15) is 0 Å². The molecule has 0 bridgehead atoms. The zero-order valence-corrected chi connectivity index (χ0v) is 42.1. The molecular weight excluding hydrogens is 865 g/mol. The number of hydrogen-bond donors (Lipinski definition) is 0. The fourth-order valence-electron chi connectivity index (χ4n) is 11.6. The number of aryl methyl sites for hydroxylation is 4. The molecule has 0 fully saturated rings. The minimum absolute atomic E-state index is 0.209. The highest BCUT2D eigenvalue weighted by Crippen LogP contribution is 2.44.